The summed E-state index contributed by atoms with van der Waals surface area (Å²) in [5, 5.41) is 23.9. The molecular formula is C21H26N2O7. The van der Waals surface area contributed by atoms with E-state index >= 15 is 0 Å². The number of carboxylic acids is 1. The fourth-order valence-electron chi connectivity index (χ4n) is 3.28. The van der Waals surface area contributed by atoms with E-state index in [0.717, 1.165) is 0 Å². The van der Waals surface area contributed by atoms with E-state index in [2.05, 4.69) is 5.32 Å². The van der Waals surface area contributed by atoms with Crippen LogP contribution in [0.15, 0.2) is 46.8 Å². The normalized spacial score (nSPS) is 17.6. The minimum atomic E-state index is -1.24. The van der Waals surface area contributed by atoms with Crippen molar-refractivity contribution in [2.75, 3.05) is 6.61 Å². The first kappa shape index (κ1) is 23.1. The zero-order valence-electron chi connectivity index (χ0n) is 17.6. The minimum absolute atomic E-state index is 0.0681. The number of esters is 1. The second kappa shape index (κ2) is 9.53. The maximum absolute atomic E-state index is 13.0. The van der Waals surface area contributed by atoms with Gasteiger partial charge in [-0.1, -0.05) is 26.0 Å². The Hall–Kier alpha value is -3.20. The number of nitro benzene ring substituents is 1. The summed E-state index contributed by atoms with van der Waals surface area (Å²) in [6, 6.07) is 5.58. The van der Waals surface area contributed by atoms with Crippen molar-refractivity contribution in [3.05, 3.63) is 62.5 Å². The van der Waals surface area contributed by atoms with Crippen molar-refractivity contribution in [1.29, 1.82) is 0 Å². The van der Waals surface area contributed by atoms with Crippen molar-refractivity contribution >= 4 is 17.6 Å². The van der Waals surface area contributed by atoms with E-state index < -0.39 is 29.1 Å². The minimum Gasteiger partial charge on any atom is -0.478 e. The molecule has 1 aliphatic heterocycles. The van der Waals surface area contributed by atoms with Crippen LogP contribution in [0.4, 0.5) is 5.69 Å². The summed E-state index contributed by atoms with van der Waals surface area (Å²) in [5.41, 5.74) is 0.853. The number of nitro groups is 1. The molecule has 0 saturated heterocycles. The molecule has 0 aliphatic carbocycles. The number of allylic oxidation sites excluding steroid dienone is 2. The number of non-ortho nitro benzene ring substituents is 1. The lowest BCUT2D eigenvalue weighted by Crippen LogP contribution is -2.33. The molecule has 0 radical (unpaired) electrons. The molecule has 0 fully saturated rings. The van der Waals surface area contributed by atoms with Gasteiger partial charge in [-0.25, -0.2) is 9.59 Å². The number of carbonyl (C=O) groups excluding carboxylic acids is 1. The lowest BCUT2D eigenvalue weighted by Gasteiger charge is -2.30. The fourth-order valence-corrected chi connectivity index (χ4v) is 3.28. The summed E-state index contributed by atoms with van der Waals surface area (Å²) in [6.07, 6.45) is -0.841. The van der Waals surface area contributed by atoms with Gasteiger partial charge < -0.3 is 19.9 Å². The molecule has 0 bridgehead atoms. The van der Waals surface area contributed by atoms with E-state index in [9.17, 15) is 24.8 Å². The highest BCUT2D eigenvalue weighted by atomic mass is 16.7. The molecule has 0 saturated carbocycles. The first-order chi connectivity index (χ1) is 14.0. The van der Waals surface area contributed by atoms with Crippen molar-refractivity contribution in [3.63, 3.8) is 0 Å². The summed E-state index contributed by atoms with van der Waals surface area (Å²) in [6.45, 7) is 9.08. The zero-order valence-corrected chi connectivity index (χ0v) is 17.6. The number of hydrogen-bond donors (Lipinski definition) is 2. The van der Waals surface area contributed by atoms with E-state index in [0.29, 0.717) is 23.6 Å². The summed E-state index contributed by atoms with van der Waals surface area (Å²) in [4.78, 5) is 35.6. The highest BCUT2D eigenvalue weighted by molar-refractivity contribution is 5.99. The Morgan fingerprint density at radius 1 is 1.20 bits per heavy atom. The van der Waals surface area contributed by atoms with Crippen LogP contribution in [0.1, 0.15) is 46.1 Å². The summed E-state index contributed by atoms with van der Waals surface area (Å²) in [5.74, 6) is -2.78. The van der Waals surface area contributed by atoms with Gasteiger partial charge in [-0.05, 0) is 32.3 Å². The third-order valence-electron chi connectivity index (χ3n) is 4.56. The number of dihydropyridines is 1. The smallest absolute Gasteiger partial charge is 0.339 e. The third-order valence-corrected chi connectivity index (χ3v) is 4.56. The molecule has 0 spiro atoms. The topological polar surface area (TPSA) is 128 Å². The largest absolute Gasteiger partial charge is 0.478 e. The number of nitrogens with one attached hydrogen (secondary N) is 1. The van der Waals surface area contributed by atoms with Crippen LogP contribution in [0.3, 0.4) is 0 Å². The second-order valence-corrected chi connectivity index (χ2v) is 7.49. The number of hydrogen-bond acceptors (Lipinski definition) is 7. The Labute approximate surface area is 174 Å². The van der Waals surface area contributed by atoms with Crippen molar-refractivity contribution in [1.82, 2.24) is 5.32 Å². The number of aliphatic carboxylic acids is 1. The predicted octanol–water partition coefficient (Wildman–Crippen LogP) is 3.48. The first-order valence-electron chi connectivity index (χ1n) is 9.51. The molecule has 0 amide bonds. The van der Waals surface area contributed by atoms with E-state index in [1.54, 1.807) is 26.8 Å². The maximum Gasteiger partial charge on any atom is 0.339 e. The number of carbonyl (C=O) groups is 2. The Kier molecular flexibility index (Phi) is 7.33. The Morgan fingerprint density at radius 2 is 1.83 bits per heavy atom. The molecule has 2 rings (SSSR count). The van der Waals surface area contributed by atoms with Gasteiger partial charge in [0, 0.05) is 23.5 Å². The number of ether oxygens (including phenoxy) is 2. The van der Waals surface area contributed by atoms with Crippen LogP contribution in [0.2, 0.25) is 0 Å². The number of carboxylic acid groups (broad SMARTS) is 1. The molecule has 1 aliphatic rings. The summed E-state index contributed by atoms with van der Waals surface area (Å²) >= 11 is 0. The maximum atomic E-state index is 13.0. The summed E-state index contributed by atoms with van der Waals surface area (Å²) < 4.78 is 10.9. The fraction of sp³-hybridized carbons (Fsp3) is 0.429. The van der Waals surface area contributed by atoms with Crippen LogP contribution >= 0.6 is 0 Å². The van der Waals surface area contributed by atoms with Gasteiger partial charge in [0.25, 0.3) is 5.69 Å². The van der Waals surface area contributed by atoms with Crippen molar-refractivity contribution in [3.8, 4) is 0 Å². The molecule has 1 aromatic carbocycles. The number of benzene rings is 1. The SMILES string of the molecule is CC1=C(C(=O)O)C(c2cccc([N+](=O)[O-])c2)C(C(=O)OC(C)OCC(C)C)=C(C)N1. The Morgan fingerprint density at radius 3 is 2.40 bits per heavy atom. The van der Waals surface area contributed by atoms with Gasteiger partial charge in [0.2, 0.25) is 0 Å². The summed E-state index contributed by atoms with van der Waals surface area (Å²) in [7, 11) is 0. The molecule has 1 aromatic rings. The third kappa shape index (κ3) is 5.24. The lowest BCUT2D eigenvalue weighted by atomic mass is 9.80. The molecule has 162 valence electrons. The van der Waals surface area contributed by atoms with Gasteiger partial charge in [0.1, 0.15) is 0 Å². The second-order valence-electron chi connectivity index (χ2n) is 7.49. The molecule has 1 heterocycles. The van der Waals surface area contributed by atoms with E-state index in [1.165, 1.54) is 18.2 Å². The van der Waals surface area contributed by atoms with Crippen LogP contribution < -0.4 is 5.32 Å². The van der Waals surface area contributed by atoms with E-state index in [1.807, 2.05) is 13.8 Å². The van der Waals surface area contributed by atoms with Gasteiger partial charge >= 0.3 is 11.9 Å². The molecule has 2 N–H and O–H groups in total. The molecule has 0 aromatic heterocycles. The van der Waals surface area contributed by atoms with Gasteiger partial charge in [0.05, 0.1) is 28.6 Å². The van der Waals surface area contributed by atoms with Crippen LogP contribution in [0.5, 0.6) is 0 Å². The van der Waals surface area contributed by atoms with Crippen molar-refractivity contribution in [2.24, 2.45) is 5.92 Å². The molecule has 9 nitrogen and oxygen atoms in total. The first-order valence-corrected chi connectivity index (χ1v) is 9.51. The quantitative estimate of drug-likeness (QED) is 0.284. The van der Waals surface area contributed by atoms with Crippen molar-refractivity contribution in [2.45, 2.75) is 46.8 Å². The molecule has 2 unspecified atom stereocenters. The van der Waals surface area contributed by atoms with E-state index in [-0.39, 0.29) is 22.8 Å². The van der Waals surface area contributed by atoms with Crippen LogP contribution in [0, 0.1) is 16.0 Å². The standard InChI is InChI=1S/C21H26N2O7/c1-11(2)10-29-14(5)30-21(26)18-13(4)22-12(3)17(20(24)25)19(18)15-7-6-8-16(9-15)23(27)28/h6-9,11,14,19,22H,10H2,1-5H3,(H,24,25). The Balaban J connectivity index is 2.49. The number of nitrogens with zero attached hydrogens (tertiary/aromatic N) is 1. The number of rotatable bonds is 8. The lowest BCUT2D eigenvalue weighted by molar-refractivity contribution is -0.384. The van der Waals surface area contributed by atoms with Gasteiger partial charge in [-0.3, -0.25) is 10.1 Å². The highest BCUT2D eigenvalue weighted by Gasteiger charge is 2.38. The molecular weight excluding hydrogens is 392 g/mol. The van der Waals surface area contributed by atoms with Crippen LogP contribution in [0.25, 0.3) is 0 Å². The molecule has 30 heavy (non-hydrogen) atoms. The van der Waals surface area contributed by atoms with E-state index in [4.69, 9.17) is 9.47 Å². The molecule has 9 heteroatoms. The average molecular weight is 418 g/mol. The van der Waals surface area contributed by atoms with Crippen LogP contribution in [-0.4, -0.2) is 34.9 Å². The average Bonchev–Trinajstić information content (AvgIpc) is 2.65. The van der Waals surface area contributed by atoms with Gasteiger partial charge in [-0.2, -0.15) is 0 Å². The van der Waals surface area contributed by atoms with Gasteiger partial charge in [-0.15, -0.1) is 0 Å². The zero-order chi connectivity index (χ0) is 22.6. The highest BCUT2D eigenvalue weighted by Crippen LogP contribution is 2.39. The monoisotopic (exact) mass is 418 g/mol. The Bertz CT molecular complexity index is 918. The predicted molar refractivity (Wildman–Crippen MR) is 108 cm³/mol. The van der Waals surface area contributed by atoms with Crippen LogP contribution in [-0.2, 0) is 19.1 Å². The van der Waals surface area contributed by atoms with Crippen molar-refractivity contribution < 1.29 is 29.1 Å². The van der Waals surface area contributed by atoms with Gasteiger partial charge in [0.15, 0.2) is 6.29 Å². The molecule has 2 atom stereocenters.